The Kier molecular flexibility index (Phi) is 5.56. The van der Waals surface area contributed by atoms with Gasteiger partial charge in [0.2, 0.25) is 0 Å². The molecule has 0 spiro atoms. The summed E-state index contributed by atoms with van der Waals surface area (Å²) in [5.41, 5.74) is 3.35. The van der Waals surface area contributed by atoms with Crippen LogP contribution in [0.3, 0.4) is 0 Å². The van der Waals surface area contributed by atoms with Crippen molar-refractivity contribution in [3.63, 3.8) is 0 Å². The molecular weight excluding hydrogens is 394 g/mol. The lowest BCUT2D eigenvalue weighted by molar-refractivity contribution is 0.750. The smallest absolute Gasteiger partial charge is 0.191 e. The van der Waals surface area contributed by atoms with Crippen LogP contribution in [0.15, 0.2) is 52.3 Å². The van der Waals surface area contributed by atoms with Crippen LogP contribution in [0, 0.1) is 6.92 Å². The summed E-state index contributed by atoms with van der Waals surface area (Å²) in [5, 5.41) is 18.0. The Balaban J connectivity index is 1.36. The van der Waals surface area contributed by atoms with Crippen LogP contribution >= 0.6 is 34.4 Å². The zero-order valence-corrected chi connectivity index (χ0v) is 17.5. The van der Waals surface area contributed by atoms with Crippen LogP contribution in [0.5, 0.6) is 0 Å². The number of aromatic nitrogens is 4. The number of hydrogen-bond donors (Lipinski definition) is 1. The van der Waals surface area contributed by atoms with Gasteiger partial charge in [-0.25, -0.2) is 4.98 Å². The van der Waals surface area contributed by atoms with E-state index in [2.05, 4.69) is 79.1 Å². The first-order chi connectivity index (χ1) is 13.2. The topological polar surface area (TPSA) is 55.6 Å². The summed E-state index contributed by atoms with van der Waals surface area (Å²) < 4.78 is 2.07. The number of benzene rings is 1. The zero-order chi connectivity index (χ0) is 18.6. The van der Waals surface area contributed by atoms with Crippen LogP contribution in [-0.4, -0.2) is 19.7 Å². The molecule has 0 bridgehead atoms. The van der Waals surface area contributed by atoms with Gasteiger partial charge in [0.1, 0.15) is 5.82 Å². The molecular formula is C19H19N5S3. The summed E-state index contributed by atoms with van der Waals surface area (Å²) in [6.45, 7) is 2.08. The molecule has 5 nitrogen and oxygen atoms in total. The number of aryl methyl sites for hydroxylation is 1. The first-order valence-electron chi connectivity index (χ1n) is 8.49. The number of rotatable bonds is 7. The van der Waals surface area contributed by atoms with Gasteiger partial charge >= 0.3 is 0 Å². The van der Waals surface area contributed by atoms with Gasteiger partial charge in [-0.15, -0.1) is 32.9 Å². The summed E-state index contributed by atoms with van der Waals surface area (Å²) in [7, 11) is 2.02. The number of thiophene rings is 1. The van der Waals surface area contributed by atoms with Crippen molar-refractivity contribution < 1.29 is 0 Å². The van der Waals surface area contributed by atoms with E-state index in [-0.39, 0.29) is 0 Å². The highest BCUT2D eigenvalue weighted by atomic mass is 32.2. The quantitative estimate of drug-likeness (QED) is 0.418. The lowest BCUT2D eigenvalue weighted by Gasteiger charge is -2.03. The summed E-state index contributed by atoms with van der Waals surface area (Å²) >= 11 is 5.03. The van der Waals surface area contributed by atoms with Crippen LogP contribution < -0.4 is 5.32 Å². The van der Waals surface area contributed by atoms with Crippen molar-refractivity contribution in [2.75, 3.05) is 5.32 Å². The Labute approximate surface area is 170 Å². The van der Waals surface area contributed by atoms with Gasteiger partial charge in [-0.1, -0.05) is 35.5 Å². The maximum atomic E-state index is 4.67. The predicted octanol–water partition coefficient (Wildman–Crippen LogP) is 5.27. The van der Waals surface area contributed by atoms with E-state index >= 15 is 0 Å². The van der Waals surface area contributed by atoms with Crippen LogP contribution in [0.1, 0.15) is 22.0 Å². The van der Waals surface area contributed by atoms with Crippen molar-refractivity contribution in [2.24, 2.45) is 7.05 Å². The molecule has 0 atom stereocenters. The summed E-state index contributed by atoms with van der Waals surface area (Å²) in [6, 6.07) is 12.5. The third-order valence-corrected chi connectivity index (χ3v) is 6.78. The van der Waals surface area contributed by atoms with E-state index < -0.39 is 0 Å². The molecule has 0 radical (unpaired) electrons. The lowest BCUT2D eigenvalue weighted by atomic mass is 10.2. The van der Waals surface area contributed by atoms with Crippen LogP contribution in [0.4, 0.5) is 10.8 Å². The number of anilines is 2. The summed E-state index contributed by atoms with van der Waals surface area (Å²) in [5.74, 6) is 1.76. The highest BCUT2D eigenvalue weighted by Gasteiger charge is 2.11. The molecule has 0 saturated carbocycles. The van der Waals surface area contributed by atoms with Crippen molar-refractivity contribution in [2.45, 2.75) is 24.3 Å². The highest BCUT2D eigenvalue weighted by Crippen LogP contribution is 2.26. The van der Waals surface area contributed by atoms with Crippen molar-refractivity contribution in [3.8, 4) is 0 Å². The molecule has 0 aliphatic heterocycles. The van der Waals surface area contributed by atoms with Gasteiger partial charge < -0.3 is 9.88 Å². The van der Waals surface area contributed by atoms with E-state index in [4.69, 9.17) is 0 Å². The Morgan fingerprint density at radius 1 is 1.11 bits per heavy atom. The Hall–Kier alpha value is -2.16. The molecule has 8 heteroatoms. The van der Waals surface area contributed by atoms with E-state index in [1.165, 1.54) is 10.4 Å². The monoisotopic (exact) mass is 413 g/mol. The Bertz CT molecular complexity index is 1000. The first-order valence-corrected chi connectivity index (χ1v) is 11.2. The number of nitrogens with zero attached hydrogens (tertiary/aromatic N) is 4. The largest absolute Gasteiger partial charge is 0.332 e. The minimum atomic E-state index is 0.775. The maximum Gasteiger partial charge on any atom is 0.191 e. The van der Waals surface area contributed by atoms with Crippen LogP contribution in [-0.2, 0) is 19.2 Å². The number of thiazole rings is 1. The van der Waals surface area contributed by atoms with Crippen molar-refractivity contribution in [1.29, 1.82) is 0 Å². The normalized spacial score (nSPS) is 11.0. The molecule has 1 aromatic carbocycles. The van der Waals surface area contributed by atoms with E-state index in [0.29, 0.717) is 0 Å². The zero-order valence-electron chi connectivity index (χ0n) is 15.0. The maximum absolute atomic E-state index is 4.67. The number of nitrogens with one attached hydrogen (secondary N) is 1. The second-order valence-corrected chi connectivity index (χ2v) is 8.97. The van der Waals surface area contributed by atoms with E-state index in [9.17, 15) is 0 Å². The molecule has 4 rings (SSSR count). The molecule has 4 aromatic rings. The van der Waals surface area contributed by atoms with E-state index in [0.717, 1.165) is 39.7 Å². The summed E-state index contributed by atoms with van der Waals surface area (Å²) in [6.07, 6.45) is 0.822. The molecule has 0 amide bonds. The van der Waals surface area contributed by atoms with Gasteiger partial charge in [0.05, 0.1) is 5.69 Å². The fraction of sp³-hybridized carbons (Fsp3) is 0.211. The Morgan fingerprint density at radius 3 is 2.74 bits per heavy atom. The van der Waals surface area contributed by atoms with Crippen LogP contribution in [0.25, 0.3) is 0 Å². The minimum Gasteiger partial charge on any atom is -0.332 e. The number of hydrogen-bond acceptors (Lipinski definition) is 7. The van der Waals surface area contributed by atoms with Crippen LogP contribution in [0.2, 0.25) is 0 Å². The molecule has 0 saturated heterocycles. The minimum absolute atomic E-state index is 0.775. The standard InChI is InChI=1S/C19H19N5S3/c1-13-5-7-14(8-6-13)20-18-21-15(11-26-18)12-27-19-23-22-17(24(19)2)10-16-4-3-9-25-16/h3-9,11H,10,12H2,1-2H3,(H,20,21). The molecule has 0 aliphatic rings. The molecule has 0 unspecified atom stereocenters. The third-order valence-electron chi connectivity index (χ3n) is 4.04. The van der Waals surface area contributed by atoms with Gasteiger partial charge in [-0.2, -0.15) is 0 Å². The van der Waals surface area contributed by atoms with Gasteiger partial charge in [0.15, 0.2) is 10.3 Å². The van der Waals surface area contributed by atoms with E-state index in [1.807, 2.05) is 7.05 Å². The molecule has 138 valence electrons. The average molecular weight is 414 g/mol. The second kappa shape index (κ2) is 8.24. The third kappa shape index (κ3) is 4.58. The van der Waals surface area contributed by atoms with Crippen molar-refractivity contribution in [1.82, 2.24) is 19.7 Å². The highest BCUT2D eigenvalue weighted by molar-refractivity contribution is 7.98. The average Bonchev–Trinajstić information content (AvgIpc) is 3.40. The van der Waals surface area contributed by atoms with Crippen molar-refractivity contribution >= 4 is 45.3 Å². The fourth-order valence-electron chi connectivity index (χ4n) is 2.52. The van der Waals surface area contributed by atoms with Gasteiger partial charge in [0.25, 0.3) is 0 Å². The fourth-order valence-corrected chi connectivity index (χ4v) is 4.88. The lowest BCUT2D eigenvalue weighted by Crippen LogP contribution is -1.99. The molecule has 1 N–H and O–H groups in total. The molecule has 0 aliphatic carbocycles. The van der Waals surface area contributed by atoms with Gasteiger partial charge in [-0.3, -0.25) is 0 Å². The van der Waals surface area contributed by atoms with Crippen molar-refractivity contribution in [3.05, 3.63) is 69.1 Å². The predicted molar refractivity (Wildman–Crippen MR) is 114 cm³/mol. The molecule has 0 fully saturated rings. The molecule has 3 aromatic heterocycles. The first kappa shape index (κ1) is 18.2. The molecule has 3 heterocycles. The Morgan fingerprint density at radius 2 is 1.96 bits per heavy atom. The second-order valence-electron chi connectivity index (χ2n) is 6.14. The molecule has 27 heavy (non-hydrogen) atoms. The van der Waals surface area contributed by atoms with Gasteiger partial charge in [-0.05, 0) is 30.5 Å². The summed E-state index contributed by atoms with van der Waals surface area (Å²) in [4.78, 5) is 5.97. The van der Waals surface area contributed by atoms with E-state index in [1.54, 1.807) is 34.4 Å². The SMILES string of the molecule is Cc1ccc(Nc2nc(CSc3nnc(Cc4cccs4)n3C)cs2)cc1. The van der Waals surface area contributed by atoms with Gasteiger partial charge in [0, 0.05) is 35.2 Å². The number of thioether (sulfide) groups is 1.